The number of likely N-dealkylation sites (N-methyl/N-ethyl adjacent to an activating group) is 1. The Bertz CT molecular complexity index is 532. The SMILES string of the molecule is CN(CC(=O)N1CCCC1)Cc1cc(C#N)ccc1F. The minimum Gasteiger partial charge on any atom is -0.342 e. The van der Waals surface area contributed by atoms with Gasteiger partial charge in [-0.1, -0.05) is 0 Å². The molecule has 20 heavy (non-hydrogen) atoms. The number of rotatable bonds is 4. The van der Waals surface area contributed by atoms with Crippen molar-refractivity contribution in [1.82, 2.24) is 9.80 Å². The van der Waals surface area contributed by atoms with Crippen molar-refractivity contribution in [3.63, 3.8) is 0 Å². The molecular formula is C15H18FN3O. The fourth-order valence-corrected chi connectivity index (χ4v) is 2.41. The van der Waals surface area contributed by atoms with Crippen LogP contribution in [0.5, 0.6) is 0 Å². The molecule has 1 heterocycles. The first-order valence-corrected chi connectivity index (χ1v) is 6.75. The lowest BCUT2D eigenvalue weighted by Gasteiger charge is -2.21. The van der Waals surface area contributed by atoms with Crippen LogP contribution in [0.25, 0.3) is 0 Å². The van der Waals surface area contributed by atoms with Crippen LogP contribution in [0.3, 0.4) is 0 Å². The van der Waals surface area contributed by atoms with Crippen molar-refractivity contribution in [3.8, 4) is 6.07 Å². The number of halogens is 1. The maximum atomic E-state index is 13.7. The molecule has 0 atom stereocenters. The second-order valence-electron chi connectivity index (χ2n) is 5.18. The number of hydrogen-bond acceptors (Lipinski definition) is 3. The highest BCUT2D eigenvalue weighted by atomic mass is 19.1. The number of hydrogen-bond donors (Lipinski definition) is 0. The minimum absolute atomic E-state index is 0.0850. The molecule has 1 aliphatic heterocycles. The summed E-state index contributed by atoms with van der Waals surface area (Å²) < 4.78 is 13.7. The summed E-state index contributed by atoms with van der Waals surface area (Å²) in [5.41, 5.74) is 0.876. The number of carbonyl (C=O) groups is 1. The summed E-state index contributed by atoms with van der Waals surface area (Å²) in [5.74, 6) is -0.258. The lowest BCUT2D eigenvalue weighted by Crippen LogP contribution is -2.37. The minimum atomic E-state index is -0.343. The van der Waals surface area contributed by atoms with Gasteiger partial charge in [0.1, 0.15) is 5.82 Å². The lowest BCUT2D eigenvalue weighted by atomic mass is 10.1. The molecule has 1 fully saturated rings. The molecule has 0 N–H and O–H groups in total. The normalized spacial score (nSPS) is 14.6. The van der Waals surface area contributed by atoms with Crippen molar-refractivity contribution < 1.29 is 9.18 Å². The molecule has 1 saturated heterocycles. The summed E-state index contributed by atoms with van der Waals surface area (Å²) >= 11 is 0. The number of nitriles is 1. The lowest BCUT2D eigenvalue weighted by molar-refractivity contribution is -0.131. The quantitative estimate of drug-likeness (QED) is 0.841. The van der Waals surface area contributed by atoms with Gasteiger partial charge in [-0.25, -0.2) is 4.39 Å². The van der Waals surface area contributed by atoms with Gasteiger partial charge in [0, 0.05) is 25.2 Å². The van der Waals surface area contributed by atoms with Crippen LogP contribution >= 0.6 is 0 Å². The molecule has 0 radical (unpaired) electrons. The molecule has 106 valence electrons. The van der Waals surface area contributed by atoms with Gasteiger partial charge in [-0.05, 0) is 38.1 Å². The van der Waals surface area contributed by atoms with E-state index in [0.29, 0.717) is 17.7 Å². The summed E-state index contributed by atoms with van der Waals surface area (Å²) in [6, 6.07) is 6.28. The summed E-state index contributed by atoms with van der Waals surface area (Å²) in [4.78, 5) is 15.6. The summed E-state index contributed by atoms with van der Waals surface area (Å²) in [5, 5.41) is 8.83. The largest absolute Gasteiger partial charge is 0.342 e. The van der Waals surface area contributed by atoms with E-state index in [1.807, 2.05) is 11.0 Å². The molecule has 0 unspecified atom stereocenters. The number of likely N-dealkylation sites (tertiary alicyclic amines) is 1. The standard InChI is InChI=1S/C15H18FN3O/c1-18(11-15(20)19-6-2-3-7-19)10-13-8-12(9-17)4-5-14(13)16/h4-5,8H,2-3,6-7,10-11H2,1H3. The Hall–Kier alpha value is -1.93. The van der Waals surface area contributed by atoms with Gasteiger partial charge in [0.15, 0.2) is 0 Å². The fraction of sp³-hybridized carbons (Fsp3) is 0.467. The molecule has 1 aromatic rings. The Morgan fingerprint density at radius 3 is 2.80 bits per heavy atom. The van der Waals surface area contributed by atoms with Gasteiger partial charge in [0.05, 0.1) is 18.2 Å². The predicted octanol–water partition coefficient (Wildman–Crippen LogP) is 1.75. The highest BCUT2D eigenvalue weighted by Crippen LogP contribution is 2.13. The zero-order valence-electron chi connectivity index (χ0n) is 11.6. The first kappa shape index (κ1) is 14.5. The van der Waals surface area contributed by atoms with E-state index in [4.69, 9.17) is 5.26 Å². The van der Waals surface area contributed by atoms with Gasteiger partial charge < -0.3 is 4.90 Å². The maximum absolute atomic E-state index is 13.7. The highest BCUT2D eigenvalue weighted by molar-refractivity contribution is 5.78. The van der Waals surface area contributed by atoms with Gasteiger partial charge >= 0.3 is 0 Å². The third-order valence-electron chi connectivity index (χ3n) is 3.48. The van der Waals surface area contributed by atoms with Crippen molar-refractivity contribution in [2.75, 3.05) is 26.7 Å². The third-order valence-corrected chi connectivity index (χ3v) is 3.48. The summed E-state index contributed by atoms with van der Waals surface area (Å²) in [6.07, 6.45) is 2.13. The van der Waals surface area contributed by atoms with E-state index < -0.39 is 0 Å². The van der Waals surface area contributed by atoms with Crippen molar-refractivity contribution in [3.05, 3.63) is 35.1 Å². The summed E-state index contributed by atoms with van der Waals surface area (Å²) in [7, 11) is 1.78. The molecule has 0 aliphatic carbocycles. The van der Waals surface area contributed by atoms with Gasteiger partial charge in [0.25, 0.3) is 0 Å². The second-order valence-corrected chi connectivity index (χ2v) is 5.18. The van der Waals surface area contributed by atoms with E-state index in [2.05, 4.69) is 0 Å². The van der Waals surface area contributed by atoms with Crippen LogP contribution in [-0.4, -0.2) is 42.4 Å². The van der Waals surface area contributed by atoms with Crippen LogP contribution < -0.4 is 0 Å². The van der Waals surface area contributed by atoms with Gasteiger partial charge in [0.2, 0.25) is 5.91 Å². The van der Waals surface area contributed by atoms with E-state index in [1.54, 1.807) is 11.9 Å². The average molecular weight is 275 g/mol. The van der Waals surface area contributed by atoms with Crippen LogP contribution in [0.4, 0.5) is 4.39 Å². The first-order valence-electron chi connectivity index (χ1n) is 6.75. The molecule has 0 saturated carbocycles. The Morgan fingerprint density at radius 1 is 1.45 bits per heavy atom. The van der Waals surface area contributed by atoms with Crippen LogP contribution in [0.2, 0.25) is 0 Å². The van der Waals surface area contributed by atoms with Crippen molar-refractivity contribution in [2.24, 2.45) is 0 Å². The molecule has 1 aliphatic rings. The molecule has 2 rings (SSSR count). The second kappa shape index (κ2) is 6.49. The topological polar surface area (TPSA) is 47.3 Å². The van der Waals surface area contributed by atoms with Gasteiger partial charge in [-0.3, -0.25) is 9.69 Å². The van der Waals surface area contributed by atoms with E-state index in [-0.39, 0.29) is 18.3 Å². The molecule has 5 heteroatoms. The van der Waals surface area contributed by atoms with E-state index in [1.165, 1.54) is 18.2 Å². The molecule has 1 amide bonds. The molecule has 0 bridgehead atoms. The monoisotopic (exact) mass is 275 g/mol. The first-order chi connectivity index (χ1) is 9.60. The van der Waals surface area contributed by atoms with E-state index in [0.717, 1.165) is 25.9 Å². The highest BCUT2D eigenvalue weighted by Gasteiger charge is 2.19. The number of amides is 1. The Balaban J connectivity index is 1.95. The molecule has 4 nitrogen and oxygen atoms in total. The van der Waals surface area contributed by atoms with Crippen LogP contribution in [-0.2, 0) is 11.3 Å². The van der Waals surface area contributed by atoms with Crippen molar-refractivity contribution in [2.45, 2.75) is 19.4 Å². The Labute approximate surface area is 118 Å². The van der Waals surface area contributed by atoms with Gasteiger partial charge in [-0.15, -0.1) is 0 Å². The molecular weight excluding hydrogens is 257 g/mol. The molecule has 0 spiro atoms. The van der Waals surface area contributed by atoms with Crippen LogP contribution in [0.15, 0.2) is 18.2 Å². The zero-order chi connectivity index (χ0) is 14.5. The van der Waals surface area contributed by atoms with Crippen LogP contribution in [0, 0.1) is 17.1 Å². The third kappa shape index (κ3) is 3.55. The molecule has 1 aromatic carbocycles. The smallest absolute Gasteiger partial charge is 0.236 e. The molecule has 0 aromatic heterocycles. The maximum Gasteiger partial charge on any atom is 0.236 e. The zero-order valence-corrected chi connectivity index (χ0v) is 11.6. The van der Waals surface area contributed by atoms with Gasteiger partial charge in [-0.2, -0.15) is 5.26 Å². The van der Waals surface area contributed by atoms with Crippen LogP contribution in [0.1, 0.15) is 24.0 Å². The van der Waals surface area contributed by atoms with E-state index >= 15 is 0 Å². The fourth-order valence-electron chi connectivity index (χ4n) is 2.41. The van der Waals surface area contributed by atoms with Crippen molar-refractivity contribution in [1.29, 1.82) is 5.26 Å². The Morgan fingerprint density at radius 2 is 2.15 bits per heavy atom. The number of benzene rings is 1. The number of carbonyl (C=O) groups excluding carboxylic acids is 1. The summed E-state index contributed by atoms with van der Waals surface area (Å²) in [6.45, 7) is 2.24. The average Bonchev–Trinajstić information content (AvgIpc) is 2.95. The van der Waals surface area contributed by atoms with E-state index in [9.17, 15) is 9.18 Å². The number of nitrogens with zero attached hydrogens (tertiary/aromatic N) is 3. The Kier molecular flexibility index (Phi) is 4.70. The van der Waals surface area contributed by atoms with Crippen molar-refractivity contribution >= 4 is 5.91 Å². The predicted molar refractivity (Wildman–Crippen MR) is 73.3 cm³/mol.